The summed E-state index contributed by atoms with van der Waals surface area (Å²) in [5.41, 5.74) is -3.79. The van der Waals surface area contributed by atoms with Gasteiger partial charge in [-0.1, -0.05) is 57.0 Å². The van der Waals surface area contributed by atoms with E-state index in [1.54, 1.807) is 37.3 Å². The zero-order valence-electron chi connectivity index (χ0n) is 16.0. The van der Waals surface area contributed by atoms with Gasteiger partial charge in [0.05, 0.1) is 24.1 Å². The van der Waals surface area contributed by atoms with Crippen LogP contribution in [0.5, 0.6) is 0 Å². The molecule has 0 amide bonds. The summed E-state index contributed by atoms with van der Waals surface area (Å²) < 4.78 is 28.4. The minimum atomic E-state index is -2.22. The molecule has 2 aliphatic rings. The third kappa shape index (κ3) is 2.56. The third-order valence-corrected chi connectivity index (χ3v) is 7.18. The molecule has 4 atom stereocenters. The predicted molar refractivity (Wildman–Crippen MR) is 113 cm³/mol. The first-order chi connectivity index (χ1) is 14.7. The SMILES string of the molecule is CC1C2(c3ccc(Br)cc3)OC(=N)C1(C#N)C(C#N)(C#N)C(c1ccc(Br)cc1F)O2. The van der Waals surface area contributed by atoms with Crippen LogP contribution in [0.3, 0.4) is 0 Å². The number of halogens is 3. The Labute approximate surface area is 194 Å². The van der Waals surface area contributed by atoms with E-state index in [1.807, 2.05) is 18.2 Å². The fourth-order valence-electron chi connectivity index (χ4n) is 4.54. The molecule has 9 heteroatoms. The summed E-state index contributed by atoms with van der Waals surface area (Å²) in [5, 5.41) is 39.1. The molecule has 1 N–H and O–H groups in total. The molecule has 4 unspecified atom stereocenters. The maximum Gasteiger partial charge on any atom is 0.244 e. The van der Waals surface area contributed by atoms with Crippen molar-refractivity contribution in [2.75, 3.05) is 0 Å². The molecule has 0 aliphatic carbocycles. The van der Waals surface area contributed by atoms with E-state index in [0.29, 0.717) is 10.0 Å². The standard InChI is InChI=1S/C22H13Br2FN4O2/c1-12-21(11-28)19(29)31-22(12,13-2-4-14(23)5-3-13)30-18(20(21,9-26)10-27)16-7-6-15(24)8-17(16)25/h2-8,12,18,29H,1H3. The summed E-state index contributed by atoms with van der Waals surface area (Å²) >= 11 is 6.55. The number of nitrogens with one attached hydrogen (secondary N) is 1. The van der Waals surface area contributed by atoms with Crippen LogP contribution in [-0.4, -0.2) is 5.90 Å². The minimum Gasteiger partial charge on any atom is -0.443 e. The molecule has 0 saturated carbocycles. The van der Waals surface area contributed by atoms with Crippen molar-refractivity contribution in [1.82, 2.24) is 0 Å². The van der Waals surface area contributed by atoms with Crippen molar-refractivity contribution >= 4 is 37.8 Å². The highest BCUT2D eigenvalue weighted by atomic mass is 79.9. The van der Waals surface area contributed by atoms with Gasteiger partial charge < -0.3 is 9.47 Å². The molecular weight excluding hydrogens is 531 g/mol. The van der Waals surface area contributed by atoms with Gasteiger partial charge >= 0.3 is 0 Å². The van der Waals surface area contributed by atoms with E-state index in [4.69, 9.17) is 14.9 Å². The first-order valence-corrected chi connectivity index (χ1v) is 10.7. The Hall–Kier alpha value is -2.77. The second kappa shape index (κ2) is 7.14. The van der Waals surface area contributed by atoms with E-state index < -0.39 is 40.4 Å². The minimum absolute atomic E-state index is 0.0717. The quantitative estimate of drug-likeness (QED) is 0.540. The lowest BCUT2D eigenvalue weighted by Crippen LogP contribution is -2.57. The van der Waals surface area contributed by atoms with Gasteiger partial charge in [0.15, 0.2) is 5.41 Å². The van der Waals surface area contributed by atoms with E-state index in [0.717, 1.165) is 4.47 Å². The molecule has 0 aromatic heterocycles. The summed E-state index contributed by atoms with van der Waals surface area (Å²) in [6, 6.07) is 16.8. The van der Waals surface area contributed by atoms with Crippen LogP contribution >= 0.6 is 31.9 Å². The molecule has 0 radical (unpaired) electrons. The van der Waals surface area contributed by atoms with Crippen LogP contribution in [0.1, 0.15) is 24.2 Å². The molecule has 6 nitrogen and oxygen atoms in total. The Balaban J connectivity index is 2.06. The molecule has 2 fully saturated rings. The van der Waals surface area contributed by atoms with Crippen LogP contribution in [0, 0.1) is 62.0 Å². The number of nitriles is 3. The molecule has 154 valence electrons. The number of hydrogen-bond donors (Lipinski definition) is 1. The van der Waals surface area contributed by atoms with E-state index in [-0.39, 0.29) is 5.56 Å². The van der Waals surface area contributed by atoms with Crippen molar-refractivity contribution in [2.24, 2.45) is 16.7 Å². The Morgan fingerprint density at radius 1 is 1.00 bits per heavy atom. The number of rotatable bonds is 2. The van der Waals surface area contributed by atoms with E-state index in [1.165, 1.54) is 12.1 Å². The summed E-state index contributed by atoms with van der Waals surface area (Å²) in [7, 11) is 0. The second-order valence-electron chi connectivity index (χ2n) is 7.44. The topological polar surface area (TPSA) is 114 Å². The maximum absolute atomic E-state index is 15.0. The largest absolute Gasteiger partial charge is 0.443 e. The summed E-state index contributed by atoms with van der Waals surface area (Å²) in [6.45, 7) is 1.60. The summed E-state index contributed by atoms with van der Waals surface area (Å²) in [6.07, 6.45) is -1.49. The van der Waals surface area contributed by atoms with Crippen LogP contribution in [0.15, 0.2) is 51.4 Å². The third-order valence-electron chi connectivity index (χ3n) is 6.16. The van der Waals surface area contributed by atoms with Crippen LogP contribution in [-0.2, 0) is 15.3 Å². The Kier molecular flexibility index (Phi) is 4.94. The lowest BCUT2D eigenvalue weighted by Gasteiger charge is -2.48. The molecule has 4 rings (SSSR count). The number of fused-ring (bicyclic) bond motifs is 2. The normalized spacial score (nSPS) is 30.5. The molecule has 0 spiro atoms. The highest BCUT2D eigenvalue weighted by Crippen LogP contribution is 2.69. The van der Waals surface area contributed by atoms with Crippen molar-refractivity contribution in [3.63, 3.8) is 0 Å². The number of nitrogens with zero attached hydrogens (tertiary/aromatic N) is 3. The van der Waals surface area contributed by atoms with Gasteiger partial charge in [-0.2, -0.15) is 15.8 Å². The Morgan fingerprint density at radius 2 is 1.61 bits per heavy atom. The maximum atomic E-state index is 15.0. The monoisotopic (exact) mass is 542 g/mol. The molecule has 31 heavy (non-hydrogen) atoms. The highest BCUT2D eigenvalue weighted by molar-refractivity contribution is 9.10. The van der Waals surface area contributed by atoms with Gasteiger partial charge in [0, 0.05) is 20.1 Å². The van der Waals surface area contributed by atoms with E-state index >= 15 is 4.39 Å². The van der Waals surface area contributed by atoms with Crippen molar-refractivity contribution in [3.8, 4) is 18.2 Å². The van der Waals surface area contributed by atoms with Gasteiger partial charge in [-0.25, -0.2) is 4.39 Å². The van der Waals surface area contributed by atoms with Crippen molar-refractivity contribution < 1.29 is 13.9 Å². The predicted octanol–water partition coefficient (Wildman–Crippen LogP) is 5.46. The van der Waals surface area contributed by atoms with Crippen molar-refractivity contribution in [2.45, 2.75) is 18.8 Å². The number of ether oxygens (including phenoxy) is 2. The van der Waals surface area contributed by atoms with Gasteiger partial charge in [-0.3, -0.25) is 5.41 Å². The first-order valence-electron chi connectivity index (χ1n) is 9.13. The van der Waals surface area contributed by atoms with Crippen LogP contribution < -0.4 is 0 Å². The van der Waals surface area contributed by atoms with Gasteiger partial charge in [0.2, 0.25) is 17.1 Å². The van der Waals surface area contributed by atoms with Gasteiger partial charge in [-0.15, -0.1) is 0 Å². The molecule has 2 saturated heterocycles. The van der Waals surface area contributed by atoms with Gasteiger partial charge in [0.1, 0.15) is 11.9 Å². The van der Waals surface area contributed by atoms with E-state index in [2.05, 4.69) is 31.9 Å². The average molecular weight is 544 g/mol. The fraction of sp³-hybridized carbons (Fsp3) is 0.273. The molecular formula is C22H13Br2FN4O2. The Bertz CT molecular complexity index is 1220. The van der Waals surface area contributed by atoms with Crippen molar-refractivity contribution in [3.05, 3.63) is 68.4 Å². The van der Waals surface area contributed by atoms with Gasteiger partial charge in [-0.05, 0) is 24.3 Å². The Morgan fingerprint density at radius 3 is 2.16 bits per heavy atom. The second-order valence-corrected chi connectivity index (χ2v) is 9.27. The smallest absolute Gasteiger partial charge is 0.244 e. The van der Waals surface area contributed by atoms with Crippen LogP contribution in [0.4, 0.5) is 4.39 Å². The summed E-state index contributed by atoms with van der Waals surface area (Å²) in [4.78, 5) is 0. The zero-order chi connectivity index (χ0) is 22.6. The molecule has 2 aliphatic heterocycles. The fourth-order valence-corrected chi connectivity index (χ4v) is 5.14. The van der Waals surface area contributed by atoms with Crippen LogP contribution in [0.2, 0.25) is 0 Å². The number of hydrogen-bond acceptors (Lipinski definition) is 6. The molecule has 2 aromatic carbocycles. The molecule has 2 bridgehead atoms. The van der Waals surface area contributed by atoms with Crippen LogP contribution in [0.25, 0.3) is 0 Å². The molecule has 2 aromatic rings. The summed E-state index contributed by atoms with van der Waals surface area (Å²) in [5.74, 6) is -3.83. The lowest BCUT2D eigenvalue weighted by molar-refractivity contribution is -0.289. The molecule has 2 heterocycles. The zero-order valence-corrected chi connectivity index (χ0v) is 19.2. The lowest BCUT2D eigenvalue weighted by atomic mass is 9.53. The number of benzene rings is 2. The highest BCUT2D eigenvalue weighted by Gasteiger charge is 2.79. The first kappa shape index (κ1) is 21.5. The van der Waals surface area contributed by atoms with Gasteiger partial charge in [0.25, 0.3) is 0 Å². The average Bonchev–Trinajstić information content (AvgIpc) is 2.91. The van der Waals surface area contributed by atoms with Crippen molar-refractivity contribution in [1.29, 1.82) is 21.2 Å². The van der Waals surface area contributed by atoms with E-state index in [9.17, 15) is 15.8 Å².